The van der Waals surface area contributed by atoms with E-state index >= 15 is 0 Å². The molecule has 10 rings (SSSR count). The highest BCUT2D eigenvalue weighted by Crippen LogP contribution is 2.51. The van der Waals surface area contributed by atoms with Crippen LogP contribution < -0.4 is 0 Å². The third kappa shape index (κ3) is 4.60. The molecule has 0 spiro atoms. The highest BCUT2D eigenvalue weighted by atomic mass is 14.4. The van der Waals surface area contributed by atoms with Gasteiger partial charge in [0, 0.05) is 5.41 Å². The average Bonchev–Trinajstić information content (AvgIpc) is 3.42. The summed E-state index contributed by atoms with van der Waals surface area (Å²) in [7, 11) is 0. The van der Waals surface area contributed by atoms with Crippen molar-refractivity contribution >= 4 is 32.3 Å². The molecular formula is C51H36. The molecule has 0 saturated carbocycles. The summed E-state index contributed by atoms with van der Waals surface area (Å²) in [6.07, 6.45) is 0. The van der Waals surface area contributed by atoms with E-state index in [1.165, 1.54) is 99.1 Å². The van der Waals surface area contributed by atoms with Crippen LogP contribution in [0.4, 0.5) is 0 Å². The number of rotatable bonds is 4. The lowest BCUT2D eigenvalue weighted by Crippen LogP contribution is -2.14. The molecule has 1 aliphatic carbocycles. The van der Waals surface area contributed by atoms with Gasteiger partial charge in [0.15, 0.2) is 0 Å². The lowest BCUT2D eigenvalue weighted by molar-refractivity contribution is 0.660. The molecule has 0 saturated heterocycles. The van der Waals surface area contributed by atoms with Crippen molar-refractivity contribution in [2.24, 2.45) is 0 Å². The summed E-state index contributed by atoms with van der Waals surface area (Å²) in [6, 6.07) is 67.4. The molecule has 1 aliphatic rings. The molecule has 0 heteroatoms. The largest absolute Gasteiger partial charge is 0.0622 e. The number of hydrogen-bond donors (Lipinski definition) is 0. The first-order chi connectivity index (χ1) is 25.1. The Bertz CT molecular complexity index is 2740. The Morgan fingerprint density at radius 2 is 0.804 bits per heavy atom. The van der Waals surface area contributed by atoms with Crippen LogP contribution >= 0.6 is 0 Å². The highest BCUT2D eigenvalue weighted by Gasteiger charge is 2.35. The van der Waals surface area contributed by atoms with Crippen LogP contribution in [-0.4, -0.2) is 0 Å². The molecule has 0 heterocycles. The van der Waals surface area contributed by atoms with Gasteiger partial charge in [0.1, 0.15) is 0 Å². The number of fused-ring (bicyclic) bond motifs is 6. The molecule has 0 amide bonds. The minimum absolute atomic E-state index is 0.0524. The first kappa shape index (κ1) is 29.7. The molecule has 0 N–H and O–H groups in total. The van der Waals surface area contributed by atoms with Gasteiger partial charge in [-0.25, -0.2) is 0 Å². The fraction of sp³-hybridized carbons (Fsp3) is 0.0588. The first-order valence-corrected chi connectivity index (χ1v) is 17.9. The third-order valence-corrected chi connectivity index (χ3v) is 11.3. The second-order valence-electron chi connectivity index (χ2n) is 14.5. The van der Waals surface area contributed by atoms with E-state index in [1.54, 1.807) is 0 Å². The van der Waals surface area contributed by atoms with E-state index in [1.807, 2.05) is 0 Å². The standard InChI is InChI=1S/C51H36/c1-51(2)47-23-13-12-18-40(47)41-29-28-36(32-48(41)51)38-30-37-16-6-7-17-39(37)46(31-38)50-44-21-10-8-19-42(44)49(43-20-9-11-22-45(43)50)35-26-24-34(25-27-35)33-14-4-3-5-15-33/h3-32H,1-2H3. The van der Waals surface area contributed by atoms with E-state index in [9.17, 15) is 0 Å². The Balaban J connectivity index is 1.21. The maximum absolute atomic E-state index is 2.45. The molecule has 0 atom stereocenters. The Hall–Kier alpha value is -6.24. The molecule has 9 aromatic carbocycles. The number of benzene rings is 9. The molecule has 0 aliphatic heterocycles. The monoisotopic (exact) mass is 648 g/mol. The molecular weight excluding hydrogens is 613 g/mol. The van der Waals surface area contributed by atoms with Crippen LogP contribution in [0.25, 0.3) is 88.0 Å². The maximum atomic E-state index is 2.45. The smallest absolute Gasteiger partial charge is 0.0159 e. The van der Waals surface area contributed by atoms with Crippen molar-refractivity contribution in [1.29, 1.82) is 0 Å². The van der Waals surface area contributed by atoms with Crippen LogP contribution in [0, 0.1) is 0 Å². The summed E-state index contributed by atoms with van der Waals surface area (Å²) in [5.74, 6) is 0. The fourth-order valence-electron chi connectivity index (χ4n) is 8.76. The predicted octanol–water partition coefficient (Wildman–Crippen LogP) is 14.1. The van der Waals surface area contributed by atoms with Gasteiger partial charge in [-0.1, -0.05) is 178 Å². The molecule has 0 unspecified atom stereocenters. The Kier molecular flexibility index (Phi) is 6.63. The Morgan fingerprint density at radius 3 is 1.51 bits per heavy atom. The molecule has 0 nitrogen and oxygen atoms in total. The van der Waals surface area contributed by atoms with E-state index in [0.717, 1.165) is 0 Å². The lowest BCUT2D eigenvalue weighted by atomic mass is 9.81. The van der Waals surface area contributed by atoms with Crippen molar-refractivity contribution in [1.82, 2.24) is 0 Å². The van der Waals surface area contributed by atoms with Gasteiger partial charge in [0.2, 0.25) is 0 Å². The van der Waals surface area contributed by atoms with Gasteiger partial charge in [-0.05, 0) is 117 Å². The van der Waals surface area contributed by atoms with Crippen LogP contribution in [0.2, 0.25) is 0 Å². The zero-order chi connectivity index (χ0) is 34.1. The zero-order valence-electron chi connectivity index (χ0n) is 28.8. The lowest BCUT2D eigenvalue weighted by Gasteiger charge is -2.22. The quantitative estimate of drug-likeness (QED) is 0.167. The van der Waals surface area contributed by atoms with Crippen molar-refractivity contribution in [3.05, 3.63) is 193 Å². The van der Waals surface area contributed by atoms with E-state index in [4.69, 9.17) is 0 Å². The summed E-state index contributed by atoms with van der Waals surface area (Å²) in [4.78, 5) is 0. The van der Waals surface area contributed by atoms with Crippen LogP contribution in [0.3, 0.4) is 0 Å². The summed E-state index contributed by atoms with van der Waals surface area (Å²) >= 11 is 0. The van der Waals surface area contributed by atoms with Crippen molar-refractivity contribution < 1.29 is 0 Å². The Labute approximate surface area is 299 Å². The van der Waals surface area contributed by atoms with Crippen molar-refractivity contribution in [2.75, 3.05) is 0 Å². The number of hydrogen-bond acceptors (Lipinski definition) is 0. The van der Waals surface area contributed by atoms with Gasteiger partial charge in [0.05, 0.1) is 0 Å². The molecule has 0 bridgehead atoms. The van der Waals surface area contributed by atoms with Gasteiger partial charge in [0.25, 0.3) is 0 Å². The summed E-state index contributed by atoms with van der Waals surface area (Å²) in [5, 5.41) is 7.60. The maximum Gasteiger partial charge on any atom is 0.0159 e. The van der Waals surface area contributed by atoms with Crippen molar-refractivity contribution in [3.8, 4) is 55.6 Å². The van der Waals surface area contributed by atoms with E-state index in [0.29, 0.717) is 0 Å². The molecule has 0 radical (unpaired) electrons. The average molecular weight is 649 g/mol. The van der Waals surface area contributed by atoms with Crippen molar-refractivity contribution in [3.63, 3.8) is 0 Å². The van der Waals surface area contributed by atoms with E-state index < -0.39 is 0 Å². The minimum Gasteiger partial charge on any atom is -0.0622 e. The fourth-order valence-corrected chi connectivity index (χ4v) is 8.76. The van der Waals surface area contributed by atoms with Gasteiger partial charge >= 0.3 is 0 Å². The summed E-state index contributed by atoms with van der Waals surface area (Å²) in [5.41, 5.74) is 15.5. The van der Waals surface area contributed by atoms with Gasteiger partial charge in [-0.2, -0.15) is 0 Å². The molecule has 0 fully saturated rings. The topological polar surface area (TPSA) is 0 Å². The zero-order valence-corrected chi connectivity index (χ0v) is 28.8. The second-order valence-corrected chi connectivity index (χ2v) is 14.5. The van der Waals surface area contributed by atoms with E-state index in [-0.39, 0.29) is 5.41 Å². The predicted molar refractivity (Wildman–Crippen MR) is 218 cm³/mol. The Morgan fingerprint density at radius 1 is 0.294 bits per heavy atom. The summed E-state index contributed by atoms with van der Waals surface area (Å²) in [6.45, 7) is 4.73. The van der Waals surface area contributed by atoms with Crippen LogP contribution in [0.15, 0.2) is 182 Å². The first-order valence-electron chi connectivity index (χ1n) is 17.9. The van der Waals surface area contributed by atoms with Gasteiger partial charge in [-0.3, -0.25) is 0 Å². The molecule has 51 heavy (non-hydrogen) atoms. The van der Waals surface area contributed by atoms with Crippen LogP contribution in [0.5, 0.6) is 0 Å². The molecule has 9 aromatic rings. The normalized spacial score (nSPS) is 13.1. The molecule has 0 aromatic heterocycles. The van der Waals surface area contributed by atoms with Crippen molar-refractivity contribution in [2.45, 2.75) is 19.3 Å². The van der Waals surface area contributed by atoms with Gasteiger partial charge < -0.3 is 0 Å². The van der Waals surface area contributed by atoms with Gasteiger partial charge in [-0.15, -0.1) is 0 Å². The van der Waals surface area contributed by atoms with E-state index in [2.05, 4.69) is 196 Å². The van der Waals surface area contributed by atoms with Crippen LogP contribution in [-0.2, 0) is 5.41 Å². The highest BCUT2D eigenvalue weighted by molar-refractivity contribution is 6.24. The second kappa shape index (κ2) is 11.4. The minimum atomic E-state index is -0.0524. The molecule has 240 valence electrons. The summed E-state index contributed by atoms with van der Waals surface area (Å²) < 4.78 is 0. The third-order valence-electron chi connectivity index (χ3n) is 11.3. The van der Waals surface area contributed by atoms with Crippen LogP contribution in [0.1, 0.15) is 25.0 Å². The SMILES string of the molecule is CC1(C)c2ccccc2-c2ccc(-c3cc(-c4c5ccccc5c(-c5ccc(-c6ccccc6)cc5)c5ccccc45)c4ccccc4c3)cc21.